The van der Waals surface area contributed by atoms with Crippen LogP contribution in [0, 0.1) is 16.7 Å². The minimum atomic E-state index is -2.39. The number of hydrogen-bond acceptors (Lipinski definition) is 6. The number of carbonyl (C=O) groups is 1. The molecule has 1 spiro atoms. The molecule has 34 heavy (non-hydrogen) atoms. The van der Waals surface area contributed by atoms with Gasteiger partial charge in [-0.2, -0.15) is 15.5 Å². The molecule has 2 aliphatic rings. The topological polar surface area (TPSA) is 95.3 Å². The molecule has 2 aliphatic heterocycles. The van der Waals surface area contributed by atoms with Crippen LogP contribution >= 0.6 is 0 Å². The van der Waals surface area contributed by atoms with E-state index in [-0.39, 0.29) is 11.3 Å². The van der Waals surface area contributed by atoms with E-state index >= 15 is 0 Å². The lowest BCUT2D eigenvalue weighted by Crippen LogP contribution is -2.73. The molecule has 0 radical (unpaired) electrons. The van der Waals surface area contributed by atoms with Crippen LogP contribution in [-0.2, 0) is 11.8 Å². The van der Waals surface area contributed by atoms with E-state index in [1.807, 2.05) is 29.2 Å². The Kier molecular flexibility index (Phi) is 3.66. The van der Waals surface area contributed by atoms with Crippen LogP contribution in [0.1, 0.15) is 9.68 Å². The Morgan fingerprint density at radius 2 is 1.94 bits per heavy atom. The lowest BCUT2D eigenvalue weighted by Gasteiger charge is -2.60. The van der Waals surface area contributed by atoms with Crippen molar-refractivity contribution in [3.8, 4) is 28.6 Å². The number of likely N-dealkylation sites (tertiary alicyclic amines) is 1. The van der Waals surface area contributed by atoms with E-state index in [9.17, 15) is 10.1 Å². The monoisotopic (exact) mass is 453 g/mol. The minimum Gasteiger partial charge on any atom is -0.370 e. The van der Waals surface area contributed by atoms with Crippen LogP contribution in [0.25, 0.3) is 28.0 Å². The highest BCUT2D eigenvalue weighted by atomic mass is 16.2. The lowest BCUT2D eigenvalue weighted by molar-refractivity contribution is -0.139. The summed E-state index contributed by atoms with van der Waals surface area (Å²) < 4.78 is 25.2. The van der Waals surface area contributed by atoms with Gasteiger partial charge in [0.25, 0.3) is 0 Å². The molecule has 9 nitrogen and oxygen atoms in total. The highest BCUT2D eigenvalue weighted by Crippen LogP contribution is 2.42. The first-order valence-corrected chi connectivity index (χ1v) is 10.8. The second-order valence-corrected chi connectivity index (χ2v) is 8.91. The number of carbonyl (C=O) groups excluding carboxylic acids is 1. The Balaban J connectivity index is 1.29. The molecule has 9 heteroatoms. The highest BCUT2D eigenvalue weighted by molar-refractivity contribution is 5.88. The molecule has 6 rings (SSSR count). The van der Waals surface area contributed by atoms with Gasteiger partial charge in [0.05, 0.1) is 30.0 Å². The molecule has 0 atom stereocenters. The van der Waals surface area contributed by atoms with E-state index < -0.39 is 6.98 Å². The normalized spacial score (nSPS) is 17.9. The van der Waals surface area contributed by atoms with Crippen LogP contribution in [0.2, 0.25) is 0 Å². The Bertz CT molecular complexity index is 1580. The molecule has 5 heterocycles. The third kappa shape index (κ3) is 3.07. The van der Waals surface area contributed by atoms with Gasteiger partial charge in [0.1, 0.15) is 17.1 Å². The second kappa shape index (κ2) is 7.28. The number of nitrogens with zero attached hydrogens (tertiary/aromatic N) is 8. The number of aromatic nitrogens is 5. The van der Waals surface area contributed by atoms with Gasteiger partial charge < -0.3 is 9.80 Å². The maximum absolute atomic E-state index is 11.8. The van der Waals surface area contributed by atoms with E-state index in [1.54, 1.807) is 10.7 Å². The SMILES string of the molecule is [2H]C([2H])([2H])n1cc(-c2cn3ncc(C#N)c3c(-c3ccc(N4CC5(CN(C(=O)C=C)C5)C4)cc3)n2)cn1. The summed E-state index contributed by atoms with van der Waals surface area (Å²) in [5.74, 6) is -0.0168. The summed E-state index contributed by atoms with van der Waals surface area (Å²) in [6, 6.07) is 10.1. The van der Waals surface area contributed by atoms with Gasteiger partial charge in [0.15, 0.2) is 0 Å². The van der Waals surface area contributed by atoms with Crippen molar-refractivity contribution in [1.82, 2.24) is 29.3 Å². The largest absolute Gasteiger partial charge is 0.370 e. The van der Waals surface area contributed by atoms with E-state index in [2.05, 4.69) is 27.7 Å². The minimum absolute atomic E-state index is 0.0168. The van der Waals surface area contributed by atoms with Crippen LogP contribution in [-0.4, -0.2) is 61.4 Å². The molecule has 0 N–H and O–H groups in total. The van der Waals surface area contributed by atoms with Crippen LogP contribution in [0.5, 0.6) is 0 Å². The van der Waals surface area contributed by atoms with Crippen LogP contribution in [0.15, 0.2) is 61.7 Å². The fourth-order valence-corrected chi connectivity index (χ4v) is 4.92. The lowest BCUT2D eigenvalue weighted by atomic mass is 9.72. The number of nitriles is 1. The first-order chi connectivity index (χ1) is 17.7. The molecule has 0 bridgehead atoms. The molecular weight excluding hydrogens is 428 g/mol. The third-order valence-electron chi connectivity index (χ3n) is 6.59. The van der Waals surface area contributed by atoms with E-state index in [4.69, 9.17) is 9.10 Å². The Hall–Kier alpha value is -4.45. The summed E-state index contributed by atoms with van der Waals surface area (Å²) in [5.41, 5.74) is 4.59. The van der Waals surface area contributed by atoms with Gasteiger partial charge in [-0.1, -0.05) is 18.7 Å². The van der Waals surface area contributed by atoms with Gasteiger partial charge in [-0.3, -0.25) is 9.48 Å². The zero-order valence-corrected chi connectivity index (χ0v) is 18.2. The zero-order chi connectivity index (χ0) is 25.9. The van der Waals surface area contributed by atoms with Crippen molar-refractivity contribution >= 4 is 17.1 Å². The number of rotatable bonds is 4. The quantitative estimate of drug-likeness (QED) is 0.441. The van der Waals surface area contributed by atoms with Crippen molar-refractivity contribution < 1.29 is 8.91 Å². The van der Waals surface area contributed by atoms with E-state index in [1.165, 1.54) is 24.7 Å². The van der Waals surface area contributed by atoms with Gasteiger partial charge in [-0.25, -0.2) is 9.50 Å². The first kappa shape index (κ1) is 17.1. The number of anilines is 1. The van der Waals surface area contributed by atoms with Crippen LogP contribution < -0.4 is 4.90 Å². The zero-order valence-electron chi connectivity index (χ0n) is 21.2. The Morgan fingerprint density at radius 3 is 2.62 bits per heavy atom. The van der Waals surface area contributed by atoms with Crippen molar-refractivity contribution in [3.05, 3.63) is 67.3 Å². The molecular formula is C25H22N8O. The summed E-state index contributed by atoms with van der Waals surface area (Å²) >= 11 is 0. The first-order valence-electron chi connectivity index (χ1n) is 12.3. The fraction of sp³-hybridized carbons (Fsp3) is 0.240. The maximum Gasteiger partial charge on any atom is 0.245 e. The van der Waals surface area contributed by atoms with Crippen LogP contribution in [0.3, 0.4) is 0 Å². The molecule has 0 saturated carbocycles. The third-order valence-corrected chi connectivity index (χ3v) is 6.59. The summed E-state index contributed by atoms with van der Waals surface area (Å²) in [4.78, 5) is 20.7. The van der Waals surface area contributed by atoms with Crippen molar-refractivity contribution in [2.75, 3.05) is 31.1 Å². The maximum atomic E-state index is 11.8. The molecule has 1 amide bonds. The van der Waals surface area contributed by atoms with Gasteiger partial charge >= 0.3 is 0 Å². The van der Waals surface area contributed by atoms with Crippen molar-refractivity contribution in [3.63, 3.8) is 0 Å². The van der Waals surface area contributed by atoms with Gasteiger partial charge in [-0.15, -0.1) is 0 Å². The van der Waals surface area contributed by atoms with E-state index in [0.717, 1.165) is 42.1 Å². The van der Waals surface area contributed by atoms with Crippen molar-refractivity contribution in [2.24, 2.45) is 12.4 Å². The van der Waals surface area contributed by atoms with Gasteiger partial charge in [0, 0.05) is 65.7 Å². The van der Waals surface area contributed by atoms with Crippen molar-refractivity contribution in [1.29, 1.82) is 5.26 Å². The number of hydrogen-bond donors (Lipinski definition) is 0. The number of fused-ring (bicyclic) bond motifs is 1. The number of amides is 1. The van der Waals surface area contributed by atoms with Gasteiger partial charge in [-0.05, 0) is 18.2 Å². The summed E-state index contributed by atoms with van der Waals surface area (Å²) in [5, 5.41) is 17.9. The van der Waals surface area contributed by atoms with Gasteiger partial charge in [0.2, 0.25) is 5.91 Å². The molecule has 3 aromatic heterocycles. The standard InChI is InChI=1S/C25H22N8O/c1-3-22(34)32-15-25(16-32)13-31(14-25)20-6-4-17(5-7-20)23-24-18(8-26)9-28-33(24)12-21(29-23)19-10-27-30(2)11-19/h3-7,9-12H,1,13-16H2,2H3/i2D3. The molecule has 4 aromatic rings. The molecule has 168 valence electrons. The summed E-state index contributed by atoms with van der Waals surface area (Å²) in [6.45, 7) is 4.46. The average Bonchev–Trinajstić information content (AvgIpc) is 3.49. The number of aryl methyl sites for hydroxylation is 1. The molecule has 0 aliphatic carbocycles. The molecule has 1 aromatic carbocycles. The fourth-order valence-electron chi connectivity index (χ4n) is 4.92. The molecule has 2 saturated heterocycles. The Labute approximate surface area is 200 Å². The predicted molar refractivity (Wildman–Crippen MR) is 127 cm³/mol. The molecule has 0 unspecified atom stereocenters. The van der Waals surface area contributed by atoms with E-state index in [0.29, 0.717) is 28.0 Å². The van der Waals surface area contributed by atoms with Crippen LogP contribution in [0.4, 0.5) is 5.69 Å². The Morgan fingerprint density at radius 1 is 1.15 bits per heavy atom. The average molecular weight is 454 g/mol. The summed E-state index contributed by atoms with van der Waals surface area (Å²) in [7, 11) is 0. The highest BCUT2D eigenvalue weighted by Gasteiger charge is 2.52. The van der Waals surface area contributed by atoms with Crippen molar-refractivity contribution in [2.45, 2.75) is 0 Å². The summed E-state index contributed by atoms with van der Waals surface area (Å²) in [6.07, 6.45) is 7.38. The number of benzene rings is 1. The smallest absolute Gasteiger partial charge is 0.245 e. The second-order valence-electron chi connectivity index (χ2n) is 8.91. The molecule has 2 fully saturated rings. The predicted octanol–water partition coefficient (Wildman–Crippen LogP) is 2.50.